The van der Waals surface area contributed by atoms with Crippen molar-refractivity contribution in [2.75, 3.05) is 26.2 Å². The van der Waals surface area contributed by atoms with Gasteiger partial charge in [-0.25, -0.2) is 0 Å². The first kappa shape index (κ1) is 13.8. The minimum absolute atomic E-state index is 0.0337. The molecular weight excluding hydrogens is 248 g/mol. The molecule has 2 amide bonds. The predicted molar refractivity (Wildman–Crippen MR) is 67.4 cm³/mol. The molecule has 2 fully saturated rings. The van der Waals surface area contributed by atoms with Crippen LogP contribution in [0.25, 0.3) is 0 Å². The Hall–Kier alpha value is -1.59. The third-order valence-electron chi connectivity index (χ3n) is 3.87. The van der Waals surface area contributed by atoms with Crippen molar-refractivity contribution >= 4 is 17.8 Å². The number of nitrogens with zero attached hydrogens (tertiary/aromatic N) is 2. The zero-order valence-electron chi connectivity index (χ0n) is 11.0. The lowest BCUT2D eigenvalue weighted by molar-refractivity contribution is -0.148. The van der Waals surface area contributed by atoms with Crippen molar-refractivity contribution in [2.24, 2.45) is 5.92 Å². The van der Waals surface area contributed by atoms with E-state index in [-0.39, 0.29) is 24.9 Å². The van der Waals surface area contributed by atoms with Crippen LogP contribution >= 0.6 is 0 Å². The van der Waals surface area contributed by atoms with E-state index in [0.29, 0.717) is 25.9 Å². The summed E-state index contributed by atoms with van der Waals surface area (Å²) in [6.07, 6.45) is 3.70. The Bertz CT molecular complexity index is 383. The predicted octanol–water partition coefficient (Wildman–Crippen LogP) is 0.322. The minimum atomic E-state index is -0.841. The lowest BCUT2D eigenvalue weighted by Crippen LogP contribution is -2.48. The summed E-state index contributed by atoms with van der Waals surface area (Å²) < 4.78 is 0. The van der Waals surface area contributed by atoms with Gasteiger partial charge in [0.05, 0.1) is 12.5 Å². The molecule has 6 nitrogen and oxygen atoms in total. The maximum absolute atomic E-state index is 12.1. The Kier molecular flexibility index (Phi) is 4.39. The van der Waals surface area contributed by atoms with Crippen LogP contribution in [0, 0.1) is 5.92 Å². The van der Waals surface area contributed by atoms with Gasteiger partial charge in [-0.05, 0) is 25.7 Å². The van der Waals surface area contributed by atoms with Crippen LogP contribution in [0.5, 0.6) is 0 Å². The summed E-state index contributed by atoms with van der Waals surface area (Å²) in [5.41, 5.74) is 0. The van der Waals surface area contributed by atoms with E-state index in [2.05, 4.69) is 0 Å². The van der Waals surface area contributed by atoms with Crippen molar-refractivity contribution in [3.63, 3.8) is 0 Å². The van der Waals surface area contributed by atoms with Gasteiger partial charge in [0.2, 0.25) is 11.8 Å². The van der Waals surface area contributed by atoms with Crippen LogP contribution in [0.4, 0.5) is 0 Å². The fourth-order valence-electron chi connectivity index (χ4n) is 2.70. The number of carbonyl (C=O) groups is 3. The molecule has 106 valence electrons. The Morgan fingerprint density at radius 1 is 1.21 bits per heavy atom. The van der Waals surface area contributed by atoms with Crippen molar-refractivity contribution < 1.29 is 19.5 Å². The molecule has 0 saturated carbocycles. The molecule has 2 aliphatic heterocycles. The number of hydrogen-bond acceptors (Lipinski definition) is 3. The molecule has 0 bridgehead atoms. The highest BCUT2D eigenvalue weighted by Gasteiger charge is 2.30. The number of carboxylic acid groups (broad SMARTS) is 1. The molecule has 2 rings (SSSR count). The summed E-state index contributed by atoms with van der Waals surface area (Å²) in [5.74, 6) is -1.39. The Labute approximate surface area is 112 Å². The van der Waals surface area contributed by atoms with Gasteiger partial charge in [0.25, 0.3) is 0 Å². The van der Waals surface area contributed by atoms with E-state index in [4.69, 9.17) is 5.11 Å². The average molecular weight is 268 g/mol. The van der Waals surface area contributed by atoms with Crippen molar-refractivity contribution in [3.05, 3.63) is 0 Å². The van der Waals surface area contributed by atoms with E-state index in [1.54, 1.807) is 9.80 Å². The third-order valence-corrected chi connectivity index (χ3v) is 3.87. The van der Waals surface area contributed by atoms with Gasteiger partial charge in [-0.15, -0.1) is 0 Å². The largest absolute Gasteiger partial charge is 0.481 e. The topological polar surface area (TPSA) is 77.9 Å². The molecule has 0 aromatic carbocycles. The van der Waals surface area contributed by atoms with Crippen molar-refractivity contribution in [2.45, 2.75) is 32.1 Å². The van der Waals surface area contributed by atoms with E-state index < -0.39 is 11.9 Å². The van der Waals surface area contributed by atoms with Crippen LogP contribution < -0.4 is 0 Å². The zero-order chi connectivity index (χ0) is 13.8. The van der Waals surface area contributed by atoms with Gasteiger partial charge in [-0.2, -0.15) is 0 Å². The van der Waals surface area contributed by atoms with Crippen molar-refractivity contribution in [1.82, 2.24) is 9.80 Å². The molecule has 0 spiro atoms. The number of carbonyl (C=O) groups excluding carboxylic acids is 2. The number of hydrogen-bond donors (Lipinski definition) is 1. The molecule has 0 aliphatic carbocycles. The molecule has 0 radical (unpaired) electrons. The molecule has 0 aromatic rings. The second-order valence-corrected chi connectivity index (χ2v) is 5.29. The molecule has 6 heteroatoms. The summed E-state index contributed by atoms with van der Waals surface area (Å²) in [6, 6.07) is 0. The number of piperidine rings is 2. The molecule has 1 atom stereocenters. The molecule has 1 unspecified atom stereocenters. The van der Waals surface area contributed by atoms with Crippen LogP contribution in [0.1, 0.15) is 32.1 Å². The minimum Gasteiger partial charge on any atom is -0.481 e. The quantitative estimate of drug-likeness (QED) is 0.799. The number of likely N-dealkylation sites (tertiary alicyclic amines) is 2. The van der Waals surface area contributed by atoms with Crippen LogP contribution in [-0.2, 0) is 14.4 Å². The van der Waals surface area contributed by atoms with Crippen LogP contribution in [-0.4, -0.2) is 58.9 Å². The van der Waals surface area contributed by atoms with Crippen molar-refractivity contribution in [1.29, 1.82) is 0 Å². The van der Waals surface area contributed by atoms with E-state index in [1.165, 1.54) is 0 Å². The number of aliphatic carboxylic acids is 1. The van der Waals surface area contributed by atoms with E-state index in [9.17, 15) is 14.4 Å². The van der Waals surface area contributed by atoms with Crippen LogP contribution in [0.3, 0.4) is 0 Å². The lowest BCUT2D eigenvalue weighted by Gasteiger charge is -2.33. The number of carboxylic acids is 1. The van der Waals surface area contributed by atoms with Crippen LogP contribution in [0.2, 0.25) is 0 Å². The summed E-state index contributed by atoms with van der Waals surface area (Å²) in [4.78, 5) is 37.9. The molecule has 1 N–H and O–H groups in total. The Morgan fingerprint density at radius 3 is 2.68 bits per heavy atom. The Morgan fingerprint density at radius 2 is 2.00 bits per heavy atom. The second-order valence-electron chi connectivity index (χ2n) is 5.29. The van der Waals surface area contributed by atoms with Crippen molar-refractivity contribution in [3.8, 4) is 0 Å². The maximum Gasteiger partial charge on any atom is 0.308 e. The highest BCUT2D eigenvalue weighted by Crippen LogP contribution is 2.17. The summed E-state index contributed by atoms with van der Waals surface area (Å²) in [5, 5.41) is 9.00. The van der Waals surface area contributed by atoms with Gasteiger partial charge >= 0.3 is 5.97 Å². The second kappa shape index (κ2) is 6.04. The number of amides is 2. The van der Waals surface area contributed by atoms with E-state index in [1.807, 2.05) is 0 Å². The average Bonchev–Trinajstić information content (AvgIpc) is 2.41. The third kappa shape index (κ3) is 3.45. The van der Waals surface area contributed by atoms with Gasteiger partial charge in [0.1, 0.15) is 0 Å². The smallest absolute Gasteiger partial charge is 0.308 e. The first-order valence-electron chi connectivity index (χ1n) is 6.86. The number of rotatable bonds is 3. The summed E-state index contributed by atoms with van der Waals surface area (Å²) >= 11 is 0. The molecule has 2 saturated heterocycles. The standard InChI is InChI=1S/C13H20N2O4/c16-11-5-1-2-6-15(11)9-12(17)14-7-3-4-10(8-14)13(18)19/h10H,1-9H2,(H,18,19). The zero-order valence-corrected chi connectivity index (χ0v) is 11.0. The molecule has 0 aromatic heterocycles. The summed E-state index contributed by atoms with van der Waals surface area (Å²) in [7, 11) is 0. The fourth-order valence-corrected chi connectivity index (χ4v) is 2.70. The first-order chi connectivity index (χ1) is 9.08. The van der Waals surface area contributed by atoms with Crippen LogP contribution in [0.15, 0.2) is 0 Å². The maximum atomic E-state index is 12.1. The Balaban J connectivity index is 1.88. The van der Waals surface area contributed by atoms with Gasteiger partial charge in [0.15, 0.2) is 0 Å². The van der Waals surface area contributed by atoms with Gasteiger partial charge < -0.3 is 14.9 Å². The first-order valence-corrected chi connectivity index (χ1v) is 6.86. The molecule has 19 heavy (non-hydrogen) atoms. The van der Waals surface area contributed by atoms with Gasteiger partial charge in [-0.3, -0.25) is 14.4 Å². The highest BCUT2D eigenvalue weighted by atomic mass is 16.4. The van der Waals surface area contributed by atoms with E-state index >= 15 is 0 Å². The summed E-state index contributed by atoms with van der Waals surface area (Å²) in [6.45, 7) is 1.62. The molecule has 2 aliphatic rings. The monoisotopic (exact) mass is 268 g/mol. The molecular formula is C13H20N2O4. The highest BCUT2D eigenvalue weighted by molar-refractivity contribution is 5.85. The normalized spacial score (nSPS) is 24.4. The SMILES string of the molecule is O=C(O)C1CCCN(C(=O)CN2CCCCC2=O)C1. The van der Waals surface area contributed by atoms with E-state index in [0.717, 1.165) is 19.3 Å². The lowest BCUT2D eigenvalue weighted by atomic mass is 9.98. The fraction of sp³-hybridized carbons (Fsp3) is 0.769. The van der Waals surface area contributed by atoms with Gasteiger partial charge in [-0.1, -0.05) is 0 Å². The molecule has 2 heterocycles. The van der Waals surface area contributed by atoms with Gasteiger partial charge in [0, 0.05) is 26.1 Å².